The number of aromatic nitrogens is 3. The molecule has 0 aliphatic heterocycles. The largest absolute Gasteiger partial charge is 0.405 e. The molecule has 6 heterocycles. The molecule has 73 heavy (non-hydrogen) atoms. The van der Waals surface area contributed by atoms with Gasteiger partial charge in [0, 0.05) is 67.6 Å². The van der Waals surface area contributed by atoms with Gasteiger partial charge in [-0.15, -0.1) is 0 Å². The highest BCUT2D eigenvalue weighted by molar-refractivity contribution is 6.14. The van der Waals surface area contributed by atoms with Crippen LogP contribution >= 0.6 is 0 Å². The first kappa shape index (κ1) is 40.7. The van der Waals surface area contributed by atoms with Gasteiger partial charge in [-0.05, 0) is 107 Å². The Morgan fingerprint density at radius 1 is 0.260 bits per heavy atom. The van der Waals surface area contributed by atoms with E-state index in [2.05, 4.69) is 77.7 Å². The van der Waals surface area contributed by atoms with Gasteiger partial charge in [0.05, 0.1) is 49.3 Å². The van der Waals surface area contributed by atoms with E-state index in [0.717, 1.165) is 98.6 Å². The standard InChI is InChI=1S/C63H36N4O6/c68-61-43-16-4-1-13-37(43)31-58(71-61)65-52-22-10-7-19-46(52)49-34-40(25-28-55(49)65)64(41-26-29-56-50(35-41)47-20-8-11-23-53(47)66(56)59-32-38-14-2-5-17-44(38)62(69)72-59)42-27-30-57-51(36-42)48-21-9-12-24-54(48)67(57)60-33-39-15-3-6-18-45(39)63(70)73-60/h1-36H. The van der Waals surface area contributed by atoms with Gasteiger partial charge in [-0.25, -0.2) is 14.4 Å². The normalized spacial score (nSPS) is 12.0. The molecule has 15 rings (SSSR count). The van der Waals surface area contributed by atoms with E-state index in [-0.39, 0.29) is 0 Å². The summed E-state index contributed by atoms with van der Waals surface area (Å²) >= 11 is 0. The average Bonchev–Trinajstić information content (AvgIpc) is 4.08. The van der Waals surface area contributed by atoms with Crippen molar-refractivity contribution in [3.8, 4) is 17.7 Å². The lowest BCUT2D eigenvalue weighted by Gasteiger charge is -2.26. The Morgan fingerprint density at radius 2 is 0.521 bits per heavy atom. The highest BCUT2D eigenvalue weighted by atomic mass is 16.4. The van der Waals surface area contributed by atoms with Crippen LogP contribution in [-0.2, 0) is 0 Å². The average molecular weight is 945 g/mol. The molecule has 10 heteroatoms. The molecule has 0 spiro atoms. The van der Waals surface area contributed by atoms with Crippen LogP contribution in [0.25, 0.3) is 115 Å². The minimum Gasteiger partial charge on any atom is -0.405 e. The third-order valence-electron chi connectivity index (χ3n) is 14.4. The summed E-state index contributed by atoms with van der Waals surface area (Å²) < 4.78 is 24.3. The number of nitrogens with zero attached hydrogens (tertiary/aromatic N) is 4. The zero-order chi connectivity index (χ0) is 48.5. The van der Waals surface area contributed by atoms with Crippen LogP contribution in [0.2, 0.25) is 0 Å². The van der Waals surface area contributed by atoms with E-state index in [4.69, 9.17) is 13.3 Å². The second-order valence-electron chi connectivity index (χ2n) is 18.4. The second kappa shape index (κ2) is 15.4. The summed E-state index contributed by atoms with van der Waals surface area (Å²) in [4.78, 5) is 42.6. The van der Waals surface area contributed by atoms with Crippen molar-refractivity contribution in [2.45, 2.75) is 0 Å². The van der Waals surface area contributed by atoms with Crippen LogP contribution < -0.4 is 21.8 Å². The van der Waals surface area contributed by atoms with Crippen molar-refractivity contribution in [2.75, 3.05) is 4.90 Å². The van der Waals surface area contributed by atoms with Crippen LogP contribution in [0.4, 0.5) is 17.1 Å². The maximum absolute atomic E-state index is 13.4. The summed E-state index contributed by atoms with van der Waals surface area (Å²) in [6.07, 6.45) is 0. The Bertz CT molecular complexity index is 4530. The van der Waals surface area contributed by atoms with Crippen molar-refractivity contribution in [3.63, 3.8) is 0 Å². The van der Waals surface area contributed by atoms with Gasteiger partial charge in [0.25, 0.3) is 0 Å². The number of benzene rings is 9. The fourth-order valence-corrected chi connectivity index (χ4v) is 11.2. The first-order valence-corrected chi connectivity index (χ1v) is 23.9. The molecule has 0 saturated carbocycles. The summed E-state index contributed by atoms with van der Waals surface area (Å²) in [7, 11) is 0. The molecular weight excluding hydrogens is 909 g/mol. The first-order valence-electron chi connectivity index (χ1n) is 23.9. The van der Waals surface area contributed by atoms with Gasteiger partial charge in [0.2, 0.25) is 17.7 Å². The van der Waals surface area contributed by atoms with Crippen molar-refractivity contribution < 1.29 is 13.3 Å². The van der Waals surface area contributed by atoms with Gasteiger partial charge in [0.1, 0.15) is 0 Å². The molecule has 15 aromatic rings. The number of hydrogen-bond acceptors (Lipinski definition) is 7. The van der Waals surface area contributed by atoms with Crippen LogP contribution in [0.3, 0.4) is 0 Å². The summed E-state index contributed by atoms with van der Waals surface area (Å²) in [6.45, 7) is 0. The first-order chi connectivity index (χ1) is 35.9. The molecular formula is C63H36N4O6. The van der Waals surface area contributed by atoms with Gasteiger partial charge < -0.3 is 18.2 Å². The summed E-state index contributed by atoms with van der Waals surface area (Å²) in [5.74, 6) is 1.27. The summed E-state index contributed by atoms with van der Waals surface area (Å²) in [6, 6.07) is 71.8. The van der Waals surface area contributed by atoms with Gasteiger partial charge >= 0.3 is 16.9 Å². The quantitative estimate of drug-likeness (QED) is 0.163. The lowest BCUT2D eigenvalue weighted by molar-refractivity contribution is 0.501. The lowest BCUT2D eigenvalue weighted by atomic mass is 10.1. The summed E-state index contributed by atoms with van der Waals surface area (Å²) in [5.41, 5.74) is 6.71. The van der Waals surface area contributed by atoms with E-state index in [1.807, 2.05) is 141 Å². The van der Waals surface area contributed by atoms with Crippen molar-refractivity contribution >= 4 is 115 Å². The van der Waals surface area contributed by atoms with E-state index in [1.54, 1.807) is 18.2 Å². The molecule has 0 aliphatic carbocycles. The fourth-order valence-electron chi connectivity index (χ4n) is 11.2. The highest BCUT2D eigenvalue weighted by Crippen LogP contribution is 2.44. The van der Waals surface area contributed by atoms with Crippen LogP contribution in [0.15, 0.2) is 246 Å². The lowest BCUT2D eigenvalue weighted by Crippen LogP contribution is -2.10. The predicted molar refractivity (Wildman–Crippen MR) is 292 cm³/mol. The molecule has 0 atom stereocenters. The number of rotatable bonds is 6. The minimum atomic E-state index is -0.402. The molecule has 0 aliphatic rings. The van der Waals surface area contributed by atoms with E-state index in [0.29, 0.717) is 33.8 Å². The number of para-hydroxylation sites is 3. The molecule has 0 saturated heterocycles. The number of hydrogen-bond donors (Lipinski definition) is 0. The molecule has 0 radical (unpaired) electrons. The zero-order valence-corrected chi connectivity index (χ0v) is 38.5. The maximum Gasteiger partial charge on any atom is 0.345 e. The number of fused-ring (bicyclic) bond motifs is 12. The molecule has 6 aromatic heterocycles. The second-order valence-corrected chi connectivity index (χ2v) is 18.4. The third kappa shape index (κ3) is 6.07. The van der Waals surface area contributed by atoms with E-state index in [1.165, 1.54) is 0 Å². The smallest absolute Gasteiger partial charge is 0.345 e. The van der Waals surface area contributed by atoms with Crippen LogP contribution in [0, 0.1) is 0 Å². The van der Waals surface area contributed by atoms with Gasteiger partial charge in [0.15, 0.2) is 0 Å². The van der Waals surface area contributed by atoms with E-state index >= 15 is 0 Å². The fraction of sp³-hybridized carbons (Fsp3) is 0. The molecule has 0 fully saturated rings. The molecule has 0 unspecified atom stereocenters. The van der Waals surface area contributed by atoms with Crippen LogP contribution in [0.5, 0.6) is 0 Å². The van der Waals surface area contributed by atoms with Crippen molar-refractivity contribution in [3.05, 3.63) is 250 Å². The SMILES string of the molecule is O=c1oc(-n2c3ccccc3c3cc(N(c4ccc5c(c4)c4ccccc4n5-c4cc5ccccc5c(=O)o4)c4ccc5c(c4)c4ccccc4n5-c4cc5ccccc5c(=O)o4)ccc32)cc2ccccc12. The minimum absolute atomic E-state index is 0.402. The Morgan fingerprint density at radius 3 is 0.836 bits per heavy atom. The van der Waals surface area contributed by atoms with Gasteiger partial charge in [-0.1, -0.05) is 109 Å². The maximum atomic E-state index is 13.4. The molecule has 0 N–H and O–H groups in total. The van der Waals surface area contributed by atoms with Crippen molar-refractivity contribution in [1.29, 1.82) is 0 Å². The monoisotopic (exact) mass is 944 g/mol. The Kier molecular flexibility index (Phi) is 8.58. The molecule has 0 bridgehead atoms. The Balaban J connectivity index is 0.981. The van der Waals surface area contributed by atoms with E-state index < -0.39 is 16.9 Å². The van der Waals surface area contributed by atoms with Crippen LogP contribution in [-0.4, -0.2) is 13.7 Å². The molecule has 9 aromatic carbocycles. The number of anilines is 3. The Hall–Kier alpha value is -10.2. The summed E-state index contributed by atoms with van der Waals surface area (Å²) in [5, 5.41) is 9.79. The molecule has 344 valence electrons. The Labute approximate surface area is 412 Å². The van der Waals surface area contributed by atoms with E-state index in [9.17, 15) is 14.4 Å². The topological polar surface area (TPSA) is 109 Å². The van der Waals surface area contributed by atoms with Crippen LogP contribution in [0.1, 0.15) is 0 Å². The van der Waals surface area contributed by atoms with Gasteiger partial charge in [-0.2, -0.15) is 0 Å². The highest BCUT2D eigenvalue weighted by Gasteiger charge is 2.24. The van der Waals surface area contributed by atoms with Gasteiger partial charge in [-0.3, -0.25) is 13.7 Å². The van der Waals surface area contributed by atoms with Crippen molar-refractivity contribution in [1.82, 2.24) is 13.7 Å². The molecule has 0 amide bonds. The molecule has 10 nitrogen and oxygen atoms in total. The zero-order valence-electron chi connectivity index (χ0n) is 38.5. The third-order valence-corrected chi connectivity index (χ3v) is 14.4. The predicted octanol–water partition coefficient (Wildman–Crippen LogP) is 14.8. The van der Waals surface area contributed by atoms with Crippen molar-refractivity contribution in [2.24, 2.45) is 0 Å².